The van der Waals surface area contributed by atoms with Gasteiger partial charge in [-0.15, -0.1) is 18.2 Å². The normalized spacial score (nSPS) is 51.8. The summed E-state index contributed by atoms with van der Waals surface area (Å²) in [5.74, 6) is -2.09. The van der Waals surface area contributed by atoms with Crippen molar-refractivity contribution in [3.8, 4) is 0 Å². The summed E-state index contributed by atoms with van der Waals surface area (Å²) in [5, 5.41) is 0.00800. The fourth-order valence-corrected chi connectivity index (χ4v) is 7.51. The van der Waals surface area contributed by atoms with Crippen molar-refractivity contribution < 1.29 is 33.2 Å². The van der Waals surface area contributed by atoms with E-state index in [0.29, 0.717) is 0 Å². The van der Waals surface area contributed by atoms with Gasteiger partial charge in [0.2, 0.25) is 11.6 Å². The number of hydrogen-bond acceptors (Lipinski definition) is 7. The number of fused-ring (bicyclic) bond motifs is 1. The summed E-state index contributed by atoms with van der Waals surface area (Å²) < 4.78 is 46.6. The number of alkyl halides is 1. The van der Waals surface area contributed by atoms with Gasteiger partial charge in [0, 0.05) is 10.8 Å². The molecule has 0 amide bonds. The Hall–Kier alpha value is -0.250. The van der Waals surface area contributed by atoms with Crippen LogP contribution < -0.4 is 0 Å². The van der Waals surface area contributed by atoms with Crippen molar-refractivity contribution in [1.29, 1.82) is 0 Å². The Bertz CT molecular complexity index is 836. The Labute approximate surface area is 207 Å². The van der Waals surface area contributed by atoms with E-state index in [0.717, 1.165) is 44.1 Å². The van der Waals surface area contributed by atoms with Crippen LogP contribution in [0, 0.1) is 5.41 Å². The second-order valence-electron chi connectivity index (χ2n) is 11.8. The van der Waals surface area contributed by atoms with E-state index >= 15 is 0 Å². The molecule has 1 spiro atoms. The van der Waals surface area contributed by atoms with Crippen molar-refractivity contribution in [2.45, 2.75) is 145 Å². The highest BCUT2D eigenvalue weighted by atomic mass is 35.5. The first-order valence-corrected chi connectivity index (χ1v) is 13.5. The molecule has 192 valence electrons. The van der Waals surface area contributed by atoms with Gasteiger partial charge in [-0.05, 0) is 52.4 Å². The first kappa shape index (κ1) is 24.1. The van der Waals surface area contributed by atoms with E-state index in [2.05, 4.69) is 27.4 Å². The highest BCUT2D eigenvalue weighted by Crippen LogP contribution is 2.65. The molecule has 7 heterocycles. The van der Waals surface area contributed by atoms with Gasteiger partial charge in [-0.3, -0.25) is 0 Å². The van der Waals surface area contributed by atoms with Crippen molar-refractivity contribution in [1.82, 2.24) is 0 Å². The van der Waals surface area contributed by atoms with Crippen LogP contribution in [-0.2, 0) is 33.2 Å². The van der Waals surface area contributed by atoms with Crippen LogP contribution >= 0.6 is 11.6 Å². The Morgan fingerprint density at radius 1 is 1.03 bits per heavy atom. The van der Waals surface area contributed by atoms with Crippen molar-refractivity contribution in [3.63, 3.8) is 0 Å². The molecule has 7 aliphatic rings. The van der Waals surface area contributed by atoms with E-state index in [1.807, 2.05) is 13.8 Å². The molecule has 0 aromatic carbocycles. The lowest BCUT2D eigenvalue weighted by atomic mass is 9.74. The minimum Gasteiger partial charge on any atom is -0.369 e. The molecular formula is C26H39ClO7. The van der Waals surface area contributed by atoms with Gasteiger partial charge in [-0.25, -0.2) is 0 Å². The van der Waals surface area contributed by atoms with Crippen molar-refractivity contribution in [3.05, 3.63) is 12.2 Å². The molecule has 0 N–H and O–H groups in total. The van der Waals surface area contributed by atoms with E-state index in [9.17, 15) is 0 Å². The predicted molar refractivity (Wildman–Crippen MR) is 124 cm³/mol. The molecule has 7 saturated heterocycles. The first-order chi connectivity index (χ1) is 16.1. The number of ether oxygens (including phenoxy) is 7. The monoisotopic (exact) mass is 498 g/mol. The van der Waals surface area contributed by atoms with Gasteiger partial charge in [0.05, 0.1) is 12.2 Å². The molecule has 7 fully saturated rings. The topological polar surface area (TPSA) is 64.6 Å². The third-order valence-corrected chi connectivity index (χ3v) is 9.23. The molecule has 6 bridgehead atoms. The highest BCUT2D eigenvalue weighted by molar-refractivity contribution is 6.20. The molecular weight excluding hydrogens is 460 g/mol. The fourth-order valence-electron chi connectivity index (χ4n) is 7.13. The standard InChI is InChI=1S/C26H39ClO7/c1-7-16-8-9-17-18(29-16)19-20-21(30-17)22-25(32-20)23(28-14(4)31-25)26(33-19,34-22)24(5,6)11-10-15(27)12-13(2)3/h14-23H,2,7-12H2,1,3-6H3/t14-,15+,16-,17-,18-,19-,20-,21?,22+,23+,25?,26-/m0/s1. The summed E-state index contributed by atoms with van der Waals surface area (Å²) in [4.78, 5) is 0. The zero-order chi connectivity index (χ0) is 24.0. The molecule has 7 nitrogen and oxygen atoms in total. The number of hydrogen-bond donors (Lipinski definition) is 0. The van der Waals surface area contributed by atoms with Crippen LogP contribution in [0.4, 0.5) is 0 Å². The summed E-state index contributed by atoms with van der Waals surface area (Å²) in [7, 11) is 0. The third-order valence-electron chi connectivity index (χ3n) is 8.86. The Morgan fingerprint density at radius 2 is 1.79 bits per heavy atom. The average molecular weight is 499 g/mol. The van der Waals surface area contributed by atoms with Crippen LogP contribution in [-0.4, -0.2) is 72.1 Å². The van der Waals surface area contributed by atoms with E-state index < -0.39 is 35.5 Å². The van der Waals surface area contributed by atoms with Crippen LogP contribution in [0.1, 0.15) is 73.1 Å². The maximum Gasteiger partial charge on any atom is 0.233 e. The van der Waals surface area contributed by atoms with Crippen molar-refractivity contribution >= 4 is 11.6 Å². The van der Waals surface area contributed by atoms with Crippen molar-refractivity contribution in [2.24, 2.45) is 5.41 Å². The Morgan fingerprint density at radius 3 is 2.53 bits per heavy atom. The minimum atomic E-state index is -1.06. The maximum atomic E-state index is 7.09. The zero-order valence-corrected chi connectivity index (χ0v) is 21.7. The summed E-state index contributed by atoms with van der Waals surface area (Å²) in [5.41, 5.74) is 0.655. The van der Waals surface area contributed by atoms with Gasteiger partial charge in [0.1, 0.15) is 30.5 Å². The van der Waals surface area contributed by atoms with E-state index in [1.165, 1.54) is 0 Å². The largest absolute Gasteiger partial charge is 0.369 e. The molecule has 7 aliphatic heterocycles. The van der Waals surface area contributed by atoms with Crippen LogP contribution in [0.15, 0.2) is 12.2 Å². The van der Waals surface area contributed by atoms with Gasteiger partial charge < -0.3 is 33.2 Å². The number of halogens is 1. The molecule has 0 aliphatic carbocycles. The molecule has 0 radical (unpaired) electrons. The summed E-state index contributed by atoms with van der Waals surface area (Å²) in [6.07, 6.45) is 3.04. The predicted octanol–water partition coefficient (Wildman–Crippen LogP) is 4.44. The lowest BCUT2D eigenvalue weighted by Gasteiger charge is -2.50. The van der Waals surface area contributed by atoms with E-state index in [-0.39, 0.29) is 42.0 Å². The van der Waals surface area contributed by atoms with Crippen LogP contribution in [0.3, 0.4) is 0 Å². The molecule has 12 atom stereocenters. The van der Waals surface area contributed by atoms with Crippen LogP contribution in [0.2, 0.25) is 0 Å². The Kier molecular flexibility index (Phi) is 5.76. The minimum absolute atomic E-state index is 0.00800. The Balaban J connectivity index is 1.36. The lowest BCUT2D eigenvalue weighted by Crippen LogP contribution is -2.64. The molecule has 8 heteroatoms. The van der Waals surface area contributed by atoms with Crippen LogP contribution in [0.5, 0.6) is 0 Å². The van der Waals surface area contributed by atoms with Gasteiger partial charge in [-0.2, -0.15) is 0 Å². The quantitative estimate of drug-likeness (QED) is 0.379. The first-order valence-electron chi connectivity index (χ1n) is 13.1. The van der Waals surface area contributed by atoms with Crippen molar-refractivity contribution in [2.75, 3.05) is 0 Å². The zero-order valence-electron chi connectivity index (χ0n) is 21.0. The average Bonchev–Trinajstić information content (AvgIpc) is 3.28. The SMILES string of the molecule is C=C(C)C[C@H](Cl)CCC(C)(C)[C@]12O[C@H]3[C@H]4O[C@@H](CC)CC[C@@H]4OC4[C@H]3OC3(O[C@@H](C)O[C@H]31)[C@@H]4O2. The molecule has 0 aromatic heterocycles. The smallest absolute Gasteiger partial charge is 0.233 e. The summed E-state index contributed by atoms with van der Waals surface area (Å²) in [6.45, 7) is 14.5. The van der Waals surface area contributed by atoms with Gasteiger partial charge in [-0.1, -0.05) is 26.3 Å². The third kappa shape index (κ3) is 3.27. The van der Waals surface area contributed by atoms with Crippen LogP contribution in [0.25, 0.3) is 0 Å². The number of rotatable bonds is 7. The second kappa shape index (κ2) is 8.12. The highest BCUT2D eigenvalue weighted by Gasteiger charge is 2.85. The molecule has 0 aromatic rings. The summed E-state index contributed by atoms with van der Waals surface area (Å²) >= 11 is 6.67. The van der Waals surface area contributed by atoms with Gasteiger partial charge in [0.25, 0.3) is 0 Å². The maximum absolute atomic E-state index is 7.09. The molecule has 7 rings (SSSR count). The van der Waals surface area contributed by atoms with E-state index in [1.54, 1.807) is 0 Å². The molecule has 34 heavy (non-hydrogen) atoms. The molecule has 2 unspecified atom stereocenters. The van der Waals surface area contributed by atoms with Gasteiger partial charge in [0.15, 0.2) is 12.4 Å². The van der Waals surface area contributed by atoms with Gasteiger partial charge >= 0.3 is 0 Å². The number of allylic oxidation sites excluding steroid dienone is 1. The van der Waals surface area contributed by atoms with E-state index in [4.69, 9.17) is 44.8 Å². The fraction of sp³-hybridized carbons (Fsp3) is 0.923. The lowest BCUT2D eigenvalue weighted by molar-refractivity contribution is -0.354. The summed E-state index contributed by atoms with van der Waals surface area (Å²) in [6, 6.07) is 0. The second-order valence-corrected chi connectivity index (χ2v) is 12.4. The molecule has 0 saturated carbocycles.